The monoisotopic (exact) mass is 548 g/mol. The molecule has 0 atom stereocenters. The highest BCUT2D eigenvalue weighted by Crippen LogP contribution is 2.18. The molecule has 166 valence electrons. The summed E-state index contributed by atoms with van der Waals surface area (Å²) in [4.78, 5) is 17.6. The topological polar surface area (TPSA) is 76.2 Å². The van der Waals surface area contributed by atoms with Gasteiger partial charge in [-0.15, -0.1) is 35.7 Å². The van der Waals surface area contributed by atoms with E-state index >= 15 is 0 Å². The highest BCUT2D eigenvalue weighted by atomic mass is 127. The van der Waals surface area contributed by atoms with Gasteiger partial charge in [-0.2, -0.15) is 5.10 Å². The van der Waals surface area contributed by atoms with E-state index in [0.717, 1.165) is 74.2 Å². The quantitative estimate of drug-likeness (QED) is 0.166. The van der Waals surface area contributed by atoms with Crippen LogP contribution in [-0.4, -0.2) is 46.2 Å². The van der Waals surface area contributed by atoms with E-state index in [0.29, 0.717) is 6.54 Å². The van der Waals surface area contributed by atoms with Crippen molar-refractivity contribution >= 4 is 41.7 Å². The van der Waals surface area contributed by atoms with Gasteiger partial charge in [0.25, 0.3) is 0 Å². The number of hydrogen-bond donors (Lipinski definition) is 2. The number of hydrogen-bond acceptors (Lipinski definition) is 4. The first-order valence-corrected chi connectivity index (χ1v) is 11.2. The second kappa shape index (κ2) is 13.0. The Morgan fingerprint density at radius 2 is 1.93 bits per heavy atom. The molecule has 2 N–H and O–H groups in total. The molecule has 1 aliphatic heterocycles. The maximum atomic E-state index is 12.9. The van der Waals surface area contributed by atoms with Gasteiger partial charge in [0.1, 0.15) is 11.6 Å². The van der Waals surface area contributed by atoms with E-state index in [2.05, 4.69) is 20.7 Å². The number of benzene rings is 1. The third-order valence-corrected chi connectivity index (χ3v) is 5.89. The summed E-state index contributed by atoms with van der Waals surface area (Å²) in [7, 11) is 1.75. The predicted molar refractivity (Wildman–Crippen MR) is 131 cm³/mol. The maximum Gasteiger partial charge on any atom is 0.345 e. The van der Waals surface area contributed by atoms with E-state index in [1.807, 2.05) is 0 Å². The highest BCUT2D eigenvalue weighted by Gasteiger charge is 2.16. The van der Waals surface area contributed by atoms with Gasteiger partial charge in [-0.25, -0.2) is 13.9 Å². The van der Waals surface area contributed by atoms with Crippen LogP contribution < -0.4 is 16.3 Å². The van der Waals surface area contributed by atoms with E-state index in [1.165, 1.54) is 12.1 Å². The Morgan fingerprint density at radius 3 is 2.63 bits per heavy atom. The van der Waals surface area contributed by atoms with Crippen LogP contribution in [-0.2, 0) is 19.5 Å². The van der Waals surface area contributed by atoms with Gasteiger partial charge in [-0.05, 0) is 55.7 Å². The van der Waals surface area contributed by atoms with Crippen molar-refractivity contribution in [2.24, 2.45) is 4.99 Å². The van der Waals surface area contributed by atoms with Gasteiger partial charge in [-0.3, -0.25) is 9.56 Å². The van der Waals surface area contributed by atoms with Crippen molar-refractivity contribution < 1.29 is 4.39 Å². The van der Waals surface area contributed by atoms with Gasteiger partial charge in [0.05, 0.1) is 0 Å². The molecule has 0 radical (unpaired) electrons. The van der Waals surface area contributed by atoms with Crippen LogP contribution in [0.4, 0.5) is 4.39 Å². The van der Waals surface area contributed by atoms with Crippen LogP contribution in [0.3, 0.4) is 0 Å². The van der Waals surface area contributed by atoms with E-state index in [1.54, 1.807) is 40.2 Å². The zero-order valence-electron chi connectivity index (χ0n) is 17.3. The first-order chi connectivity index (χ1) is 14.2. The second-order valence-corrected chi connectivity index (χ2v) is 8.13. The minimum atomic E-state index is -0.205. The minimum Gasteiger partial charge on any atom is -0.356 e. The number of nitrogens with one attached hydrogen (secondary N) is 2. The molecule has 0 bridgehead atoms. The van der Waals surface area contributed by atoms with Crippen LogP contribution in [0, 0.1) is 5.82 Å². The van der Waals surface area contributed by atoms with Crippen molar-refractivity contribution in [3.05, 3.63) is 46.4 Å². The first kappa shape index (κ1) is 24.7. The third kappa shape index (κ3) is 7.29. The molecule has 0 spiro atoms. The third-order valence-electron chi connectivity index (χ3n) is 4.79. The highest BCUT2D eigenvalue weighted by molar-refractivity contribution is 14.0. The fourth-order valence-corrected chi connectivity index (χ4v) is 4.10. The Labute approximate surface area is 197 Å². The fraction of sp³-hybridized carbons (Fsp3) is 0.550. The molecule has 1 aliphatic rings. The zero-order valence-corrected chi connectivity index (χ0v) is 20.4. The van der Waals surface area contributed by atoms with Gasteiger partial charge in [-0.1, -0.05) is 0 Å². The van der Waals surface area contributed by atoms with Crippen molar-refractivity contribution in [2.75, 3.05) is 25.9 Å². The predicted octanol–water partition coefficient (Wildman–Crippen LogP) is 2.88. The molecular weight excluding hydrogens is 518 g/mol. The van der Waals surface area contributed by atoms with E-state index in [4.69, 9.17) is 0 Å². The zero-order chi connectivity index (χ0) is 20.5. The van der Waals surface area contributed by atoms with Gasteiger partial charge >= 0.3 is 5.69 Å². The SMILES string of the molecule is CN=C(NCCCSc1ccc(F)cc1)NCCCn1nc2n(c1=O)CCCC2.I. The Kier molecular flexibility index (Phi) is 10.7. The van der Waals surface area contributed by atoms with Crippen molar-refractivity contribution in [2.45, 2.75) is 50.1 Å². The molecule has 0 saturated heterocycles. The summed E-state index contributed by atoms with van der Waals surface area (Å²) in [5.74, 6) is 2.42. The number of aryl methyl sites for hydroxylation is 2. The summed E-state index contributed by atoms with van der Waals surface area (Å²) in [6.45, 7) is 2.93. The average molecular weight is 548 g/mol. The Morgan fingerprint density at radius 1 is 1.20 bits per heavy atom. The largest absolute Gasteiger partial charge is 0.356 e. The number of aromatic nitrogens is 3. The van der Waals surface area contributed by atoms with Gasteiger partial charge in [0.2, 0.25) is 0 Å². The molecule has 2 aromatic rings. The van der Waals surface area contributed by atoms with E-state index in [-0.39, 0.29) is 35.5 Å². The smallest absolute Gasteiger partial charge is 0.345 e. The molecule has 3 rings (SSSR count). The standard InChI is InChI=1S/C20H29FN6OS.HI/c1-22-19(24-12-5-15-29-17-9-7-16(21)8-10-17)23-11-4-14-27-20(28)26-13-3-2-6-18(26)25-27;/h7-10H,2-6,11-15H2,1H3,(H2,22,23,24);1H. The number of fused-ring (bicyclic) bond motifs is 1. The summed E-state index contributed by atoms with van der Waals surface area (Å²) < 4.78 is 16.3. The molecule has 0 fully saturated rings. The number of halogens is 2. The van der Waals surface area contributed by atoms with Crippen LogP contribution in [0.25, 0.3) is 0 Å². The molecule has 0 unspecified atom stereocenters. The number of guanidine groups is 1. The first-order valence-electron chi connectivity index (χ1n) is 10.2. The van der Waals surface area contributed by atoms with Gasteiger partial charge in [0.15, 0.2) is 5.96 Å². The Bertz CT molecular complexity index is 867. The molecular formula is C20H30FIN6OS. The molecule has 0 saturated carbocycles. The van der Waals surface area contributed by atoms with Crippen molar-refractivity contribution in [3.8, 4) is 0 Å². The lowest BCUT2D eigenvalue weighted by Gasteiger charge is -2.11. The molecule has 1 aromatic heterocycles. The number of thioether (sulfide) groups is 1. The molecule has 0 amide bonds. The van der Waals surface area contributed by atoms with Gasteiger partial charge in [0, 0.05) is 44.5 Å². The normalized spacial score (nSPS) is 13.5. The summed E-state index contributed by atoms with van der Waals surface area (Å²) in [6.07, 6.45) is 4.85. The Balaban J connectivity index is 0.00000320. The minimum absolute atomic E-state index is 0. The van der Waals surface area contributed by atoms with Crippen molar-refractivity contribution in [3.63, 3.8) is 0 Å². The lowest BCUT2D eigenvalue weighted by atomic mass is 10.2. The van der Waals surface area contributed by atoms with Crippen LogP contribution in [0.15, 0.2) is 38.9 Å². The second-order valence-electron chi connectivity index (χ2n) is 6.97. The van der Waals surface area contributed by atoms with Crippen LogP contribution in [0.5, 0.6) is 0 Å². The summed E-state index contributed by atoms with van der Waals surface area (Å²) in [5.41, 5.74) is 0.0147. The molecule has 2 heterocycles. The molecule has 30 heavy (non-hydrogen) atoms. The lowest BCUT2D eigenvalue weighted by Crippen LogP contribution is -2.38. The van der Waals surface area contributed by atoms with Crippen molar-refractivity contribution in [1.82, 2.24) is 25.0 Å². The van der Waals surface area contributed by atoms with Crippen LogP contribution in [0.2, 0.25) is 0 Å². The van der Waals surface area contributed by atoms with Crippen LogP contribution in [0.1, 0.15) is 31.5 Å². The van der Waals surface area contributed by atoms with E-state index < -0.39 is 0 Å². The average Bonchev–Trinajstić information content (AvgIpc) is 3.06. The molecule has 0 aliphatic carbocycles. The summed E-state index contributed by atoms with van der Waals surface area (Å²) in [5, 5.41) is 11.0. The van der Waals surface area contributed by atoms with Crippen molar-refractivity contribution in [1.29, 1.82) is 0 Å². The lowest BCUT2D eigenvalue weighted by molar-refractivity contribution is 0.509. The Hall–Kier alpha value is -1.56. The maximum absolute atomic E-state index is 12.9. The number of nitrogens with zero attached hydrogens (tertiary/aromatic N) is 4. The van der Waals surface area contributed by atoms with E-state index in [9.17, 15) is 9.18 Å². The number of aliphatic imine (C=N–C) groups is 1. The molecule has 10 heteroatoms. The van der Waals surface area contributed by atoms with Crippen LogP contribution >= 0.6 is 35.7 Å². The summed E-state index contributed by atoms with van der Waals surface area (Å²) >= 11 is 1.71. The molecule has 7 nitrogen and oxygen atoms in total. The fourth-order valence-electron chi connectivity index (χ4n) is 3.25. The molecule has 1 aromatic carbocycles. The summed E-state index contributed by atoms with van der Waals surface area (Å²) in [6, 6.07) is 6.57. The number of rotatable bonds is 9. The van der Waals surface area contributed by atoms with Gasteiger partial charge < -0.3 is 10.6 Å².